The molecule has 1 aromatic carbocycles. The fourth-order valence-corrected chi connectivity index (χ4v) is 3.80. The van der Waals surface area contributed by atoms with Crippen molar-refractivity contribution in [3.05, 3.63) is 52.6 Å². The van der Waals surface area contributed by atoms with E-state index in [9.17, 15) is 9.18 Å². The molecule has 1 fully saturated rings. The van der Waals surface area contributed by atoms with Crippen molar-refractivity contribution >= 4 is 5.91 Å². The Morgan fingerprint density at radius 2 is 2.12 bits per heavy atom. The molecule has 2 aromatic rings. The molecule has 0 N–H and O–H groups in total. The van der Waals surface area contributed by atoms with Crippen LogP contribution in [0.1, 0.15) is 48.7 Å². The Labute approximate surface area is 155 Å². The van der Waals surface area contributed by atoms with Gasteiger partial charge >= 0.3 is 0 Å². The molecule has 4 nitrogen and oxygen atoms in total. The van der Waals surface area contributed by atoms with Gasteiger partial charge in [-0.05, 0) is 43.9 Å². The number of aromatic nitrogens is 2. The van der Waals surface area contributed by atoms with E-state index in [0.717, 1.165) is 42.0 Å². The Morgan fingerprint density at radius 3 is 2.81 bits per heavy atom. The second-order valence-electron chi connectivity index (χ2n) is 7.78. The normalized spacial score (nSPS) is 17.3. The summed E-state index contributed by atoms with van der Waals surface area (Å²) in [6.45, 7) is 10.6. The number of halogens is 1. The third kappa shape index (κ3) is 3.97. The van der Waals surface area contributed by atoms with Crippen LogP contribution in [-0.4, -0.2) is 33.7 Å². The predicted molar refractivity (Wildman–Crippen MR) is 101 cm³/mol. The van der Waals surface area contributed by atoms with E-state index in [2.05, 4.69) is 18.9 Å². The number of carbonyl (C=O) groups excluding carboxylic acids is 1. The summed E-state index contributed by atoms with van der Waals surface area (Å²) >= 11 is 0. The van der Waals surface area contributed by atoms with Gasteiger partial charge in [0, 0.05) is 36.8 Å². The summed E-state index contributed by atoms with van der Waals surface area (Å²) in [5, 5.41) is 4.61. The van der Waals surface area contributed by atoms with E-state index < -0.39 is 0 Å². The first-order valence-electron chi connectivity index (χ1n) is 9.41. The van der Waals surface area contributed by atoms with E-state index in [1.807, 2.05) is 29.5 Å². The molecule has 2 heterocycles. The lowest BCUT2D eigenvalue weighted by Crippen LogP contribution is -2.30. The first-order chi connectivity index (χ1) is 12.3. The molecule has 0 bridgehead atoms. The SMILES string of the molecule is Cc1nn(CC(C)C)c(C)c1CC(=O)N1CC[C@@H](c2cccc(F)c2)C1. The third-order valence-corrected chi connectivity index (χ3v) is 5.26. The Kier molecular flexibility index (Phi) is 5.44. The predicted octanol–water partition coefficient (Wildman–Crippen LogP) is 3.85. The summed E-state index contributed by atoms with van der Waals surface area (Å²) in [4.78, 5) is 14.7. The van der Waals surface area contributed by atoms with Crippen molar-refractivity contribution in [1.29, 1.82) is 0 Å². The molecule has 0 radical (unpaired) electrons. The van der Waals surface area contributed by atoms with E-state index in [-0.39, 0.29) is 17.6 Å². The van der Waals surface area contributed by atoms with Crippen molar-refractivity contribution in [2.45, 2.75) is 53.0 Å². The minimum absolute atomic E-state index is 0.138. The monoisotopic (exact) mass is 357 g/mol. The van der Waals surface area contributed by atoms with Crippen molar-refractivity contribution in [3.63, 3.8) is 0 Å². The maximum Gasteiger partial charge on any atom is 0.227 e. The van der Waals surface area contributed by atoms with Crippen LogP contribution in [0.2, 0.25) is 0 Å². The molecule has 0 spiro atoms. The van der Waals surface area contributed by atoms with Crippen LogP contribution in [0.15, 0.2) is 24.3 Å². The maximum atomic E-state index is 13.5. The second kappa shape index (κ2) is 7.60. The molecule has 1 saturated heterocycles. The van der Waals surface area contributed by atoms with E-state index in [0.29, 0.717) is 18.9 Å². The minimum atomic E-state index is -0.212. The molecule has 0 saturated carbocycles. The standard InChI is InChI=1S/C21H28FN3O/c1-14(2)12-25-16(4)20(15(3)23-25)11-21(26)24-9-8-18(13-24)17-6-5-7-19(22)10-17/h5-7,10,14,18H,8-9,11-13H2,1-4H3/t18-/m1/s1. The lowest BCUT2D eigenvalue weighted by molar-refractivity contribution is -0.129. The van der Waals surface area contributed by atoms with Crippen molar-refractivity contribution in [2.24, 2.45) is 5.92 Å². The molecule has 1 aliphatic rings. The summed E-state index contributed by atoms with van der Waals surface area (Å²) in [6, 6.07) is 6.74. The molecule has 0 aliphatic carbocycles. The Bertz CT molecular complexity index is 797. The smallest absolute Gasteiger partial charge is 0.227 e. The van der Waals surface area contributed by atoms with Gasteiger partial charge in [-0.25, -0.2) is 4.39 Å². The second-order valence-corrected chi connectivity index (χ2v) is 7.78. The summed E-state index contributed by atoms with van der Waals surface area (Å²) in [7, 11) is 0. The van der Waals surface area contributed by atoms with Crippen molar-refractivity contribution in [2.75, 3.05) is 13.1 Å². The number of rotatable bonds is 5. The van der Waals surface area contributed by atoms with Crippen LogP contribution >= 0.6 is 0 Å². The van der Waals surface area contributed by atoms with Gasteiger partial charge in [0.25, 0.3) is 0 Å². The molecular weight excluding hydrogens is 329 g/mol. The van der Waals surface area contributed by atoms with E-state index in [4.69, 9.17) is 0 Å². The highest BCUT2D eigenvalue weighted by atomic mass is 19.1. The summed E-state index contributed by atoms with van der Waals surface area (Å²) in [5.41, 5.74) is 4.06. The summed E-state index contributed by atoms with van der Waals surface area (Å²) in [5.74, 6) is 0.665. The van der Waals surface area contributed by atoms with Crippen LogP contribution in [0, 0.1) is 25.6 Å². The number of hydrogen-bond acceptors (Lipinski definition) is 2. The average Bonchev–Trinajstić information content (AvgIpc) is 3.16. The molecule has 1 aromatic heterocycles. The summed E-state index contributed by atoms with van der Waals surface area (Å²) < 4.78 is 15.5. The zero-order chi connectivity index (χ0) is 18.8. The third-order valence-electron chi connectivity index (χ3n) is 5.26. The minimum Gasteiger partial charge on any atom is -0.342 e. The van der Waals surface area contributed by atoms with Gasteiger partial charge in [-0.3, -0.25) is 9.48 Å². The fraction of sp³-hybridized carbons (Fsp3) is 0.524. The van der Waals surface area contributed by atoms with Gasteiger partial charge in [0.15, 0.2) is 0 Å². The van der Waals surface area contributed by atoms with Crippen LogP contribution in [0.25, 0.3) is 0 Å². The number of likely N-dealkylation sites (tertiary alicyclic amines) is 1. The van der Waals surface area contributed by atoms with Crippen LogP contribution in [0.4, 0.5) is 4.39 Å². The molecule has 1 aliphatic heterocycles. The highest BCUT2D eigenvalue weighted by Gasteiger charge is 2.28. The molecule has 0 unspecified atom stereocenters. The van der Waals surface area contributed by atoms with Crippen LogP contribution in [-0.2, 0) is 17.8 Å². The number of amides is 1. The van der Waals surface area contributed by atoms with Crippen molar-refractivity contribution < 1.29 is 9.18 Å². The van der Waals surface area contributed by atoms with E-state index in [1.54, 1.807) is 12.1 Å². The summed E-state index contributed by atoms with van der Waals surface area (Å²) in [6.07, 6.45) is 1.28. The van der Waals surface area contributed by atoms with Gasteiger partial charge in [-0.2, -0.15) is 5.10 Å². The lowest BCUT2D eigenvalue weighted by Gasteiger charge is -2.17. The fourth-order valence-electron chi connectivity index (χ4n) is 3.80. The molecule has 1 amide bonds. The number of hydrogen-bond donors (Lipinski definition) is 0. The molecule has 3 rings (SSSR count). The maximum absolute atomic E-state index is 13.5. The lowest BCUT2D eigenvalue weighted by atomic mass is 9.98. The zero-order valence-electron chi connectivity index (χ0n) is 16.1. The Balaban J connectivity index is 1.67. The van der Waals surface area contributed by atoms with Gasteiger partial charge in [-0.1, -0.05) is 26.0 Å². The number of aryl methyl sites for hydroxylation is 1. The highest BCUT2D eigenvalue weighted by molar-refractivity contribution is 5.79. The number of benzene rings is 1. The molecule has 26 heavy (non-hydrogen) atoms. The Hall–Kier alpha value is -2.17. The van der Waals surface area contributed by atoms with Crippen LogP contribution in [0.5, 0.6) is 0 Å². The van der Waals surface area contributed by atoms with Gasteiger partial charge in [0.2, 0.25) is 5.91 Å². The van der Waals surface area contributed by atoms with Crippen molar-refractivity contribution in [3.8, 4) is 0 Å². The number of nitrogens with zero attached hydrogens (tertiary/aromatic N) is 3. The highest BCUT2D eigenvalue weighted by Crippen LogP contribution is 2.28. The molecule has 140 valence electrons. The first kappa shape index (κ1) is 18.6. The van der Waals surface area contributed by atoms with Gasteiger partial charge in [0.05, 0.1) is 12.1 Å². The molecule has 1 atom stereocenters. The number of carbonyl (C=O) groups is 1. The topological polar surface area (TPSA) is 38.1 Å². The largest absolute Gasteiger partial charge is 0.342 e. The average molecular weight is 357 g/mol. The van der Waals surface area contributed by atoms with Crippen LogP contribution in [0.3, 0.4) is 0 Å². The quantitative estimate of drug-likeness (QED) is 0.815. The van der Waals surface area contributed by atoms with Gasteiger partial charge in [-0.15, -0.1) is 0 Å². The molecule has 5 heteroatoms. The zero-order valence-corrected chi connectivity index (χ0v) is 16.1. The van der Waals surface area contributed by atoms with E-state index >= 15 is 0 Å². The van der Waals surface area contributed by atoms with Gasteiger partial charge in [0.1, 0.15) is 5.82 Å². The van der Waals surface area contributed by atoms with Gasteiger partial charge < -0.3 is 4.90 Å². The van der Waals surface area contributed by atoms with Crippen LogP contribution < -0.4 is 0 Å². The Morgan fingerprint density at radius 1 is 1.35 bits per heavy atom. The first-order valence-corrected chi connectivity index (χ1v) is 9.41. The molecular formula is C21H28FN3O. The van der Waals surface area contributed by atoms with Crippen molar-refractivity contribution in [1.82, 2.24) is 14.7 Å². The van der Waals surface area contributed by atoms with E-state index in [1.165, 1.54) is 6.07 Å².